The maximum atomic E-state index is 6.12. The van der Waals surface area contributed by atoms with Crippen LogP contribution in [-0.4, -0.2) is 6.54 Å². The molecular formula is C13H21BrClNS. The Morgan fingerprint density at radius 3 is 2.53 bits per heavy atom. The lowest BCUT2D eigenvalue weighted by atomic mass is 9.87. The fraction of sp³-hybridized carbons (Fsp3) is 0.692. The molecule has 98 valence electrons. The average molecular weight is 339 g/mol. The second-order valence-electron chi connectivity index (χ2n) is 5.54. The predicted molar refractivity (Wildman–Crippen MR) is 82.1 cm³/mol. The third-order valence-electron chi connectivity index (χ3n) is 2.46. The molecule has 0 aliphatic heterocycles. The normalized spacial score (nSPS) is 14.0. The lowest BCUT2D eigenvalue weighted by Crippen LogP contribution is -2.25. The quantitative estimate of drug-likeness (QED) is 0.732. The molecule has 0 saturated heterocycles. The van der Waals surface area contributed by atoms with Crippen LogP contribution < -0.4 is 5.32 Å². The summed E-state index contributed by atoms with van der Waals surface area (Å²) in [5.74, 6) is 0. The fourth-order valence-electron chi connectivity index (χ4n) is 1.74. The summed E-state index contributed by atoms with van der Waals surface area (Å²) in [5, 5.41) is 3.61. The van der Waals surface area contributed by atoms with Gasteiger partial charge in [-0.05, 0) is 46.8 Å². The summed E-state index contributed by atoms with van der Waals surface area (Å²) in [6, 6.07) is 2.55. The average Bonchev–Trinajstić information content (AvgIpc) is 2.52. The van der Waals surface area contributed by atoms with Gasteiger partial charge in [-0.15, -0.1) is 11.3 Å². The minimum absolute atomic E-state index is 0.314. The number of hydrogen-bond donors (Lipinski definition) is 1. The van der Waals surface area contributed by atoms with Crippen LogP contribution in [0.1, 0.15) is 51.5 Å². The molecule has 0 fully saturated rings. The highest BCUT2D eigenvalue weighted by atomic mass is 79.9. The zero-order chi connectivity index (χ0) is 13.1. The van der Waals surface area contributed by atoms with Crippen LogP contribution in [0.2, 0.25) is 4.34 Å². The van der Waals surface area contributed by atoms with Gasteiger partial charge in [-0.1, -0.05) is 39.3 Å². The molecule has 0 aliphatic carbocycles. The SMILES string of the molecule is CCCNC(CC(C)(C)C)c1cc(Br)c(Cl)s1. The zero-order valence-electron chi connectivity index (χ0n) is 10.9. The molecule has 1 atom stereocenters. The van der Waals surface area contributed by atoms with Crippen LogP contribution in [0.15, 0.2) is 10.5 Å². The van der Waals surface area contributed by atoms with Gasteiger partial charge in [-0.25, -0.2) is 0 Å². The van der Waals surface area contributed by atoms with Crippen LogP contribution in [0.4, 0.5) is 0 Å². The van der Waals surface area contributed by atoms with E-state index in [-0.39, 0.29) is 0 Å². The molecular weight excluding hydrogens is 318 g/mol. The molecule has 1 nitrogen and oxygen atoms in total. The van der Waals surface area contributed by atoms with E-state index in [1.54, 1.807) is 11.3 Å². The first-order valence-corrected chi connectivity index (χ1v) is 8.00. The molecule has 1 aromatic heterocycles. The first-order chi connectivity index (χ1) is 7.83. The summed E-state index contributed by atoms with van der Waals surface area (Å²) >= 11 is 11.3. The molecule has 0 aliphatic rings. The topological polar surface area (TPSA) is 12.0 Å². The van der Waals surface area contributed by atoms with E-state index in [1.807, 2.05) is 0 Å². The van der Waals surface area contributed by atoms with Crippen LogP contribution in [0.25, 0.3) is 0 Å². The number of nitrogens with one attached hydrogen (secondary N) is 1. The van der Waals surface area contributed by atoms with Crippen molar-refractivity contribution in [3.8, 4) is 0 Å². The summed E-state index contributed by atoms with van der Waals surface area (Å²) in [5.41, 5.74) is 0.314. The van der Waals surface area contributed by atoms with Crippen molar-refractivity contribution in [2.45, 2.75) is 46.6 Å². The highest BCUT2D eigenvalue weighted by Gasteiger charge is 2.22. The maximum absolute atomic E-state index is 6.12. The van der Waals surface area contributed by atoms with E-state index in [0.717, 1.165) is 28.2 Å². The molecule has 0 aromatic carbocycles. The number of halogens is 2. The van der Waals surface area contributed by atoms with Crippen LogP contribution in [0, 0.1) is 5.41 Å². The molecule has 1 heterocycles. The first kappa shape index (κ1) is 15.5. The second-order valence-corrected chi connectivity index (χ2v) is 8.08. The van der Waals surface area contributed by atoms with Crippen LogP contribution in [-0.2, 0) is 0 Å². The van der Waals surface area contributed by atoms with Crippen molar-refractivity contribution in [2.24, 2.45) is 5.41 Å². The van der Waals surface area contributed by atoms with Gasteiger partial charge in [-0.3, -0.25) is 0 Å². The van der Waals surface area contributed by atoms with E-state index in [1.165, 1.54) is 4.88 Å². The van der Waals surface area contributed by atoms with Gasteiger partial charge in [0.15, 0.2) is 0 Å². The van der Waals surface area contributed by atoms with E-state index < -0.39 is 0 Å². The van der Waals surface area contributed by atoms with E-state index in [4.69, 9.17) is 11.6 Å². The van der Waals surface area contributed by atoms with E-state index in [2.05, 4.69) is 55.0 Å². The molecule has 1 rings (SSSR count). The van der Waals surface area contributed by atoms with Gasteiger partial charge in [0.05, 0.1) is 0 Å². The molecule has 0 bridgehead atoms. The predicted octanol–water partition coefficient (Wildman–Crippen LogP) is 5.64. The minimum atomic E-state index is 0.314. The molecule has 0 saturated carbocycles. The second kappa shape index (κ2) is 6.55. The van der Waals surface area contributed by atoms with Crippen LogP contribution >= 0.6 is 38.9 Å². The van der Waals surface area contributed by atoms with Gasteiger partial charge in [-0.2, -0.15) is 0 Å². The molecule has 0 amide bonds. The molecule has 17 heavy (non-hydrogen) atoms. The Kier molecular flexibility index (Phi) is 5.97. The van der Waals surface area contributed by atoms with Gasteiger partial charge in [0.2, 0.25) is 0 Å². The molecule has 1 unspecified atom stereocenters. The lowest BCUT2D eigenvalue weighted by Gasteiger charge is -2.26. The lowest BCUT2D eigenvalue weighted by molar-refractivity contribution is 0.314. The van der Waals surface area contributed by atoms with Gasteiger partial charge < -0.3 is 5.32 Å². The van der Waals surface area contributed by atoms with Crippen molar-refractivity contribution >= 4 is 38.9 Å². The molecule has 1 N–H and O–H groups in total. The highest BCUT2D eigenvalue weighted by molar-refractivity contribution is 9.10. The molecule has 0 spiro atoms. The summed E-state index contributed by atoms with van der Waals surface area (Å²) in [6.07, 6.45) is 2.28. The zero-order valence-corrected chi connectivity index (χ0v) is 14.1. The van der Waals surface area contributed by atoms with Crippen molar-refractivity contribution < 1.29 is 0 Å². The molecule has 1 aromatic rings. The number of hydrogen-bond acceptors (Lipinski definition) is 2. The van der Waals surface area contributed by atoms with Crippen molar-refractivity contribution in [1.29, 1.82) is 0 Å². The Labute approximate surface area is 122 Å². The van der Waals surface area contributed by atoms with Gasteiger partial charge in [0, 0.05) is 15.4 Å². The Morgan fingerprint density at radius 1 is 1.47 bits per heavy atom. The van der Waals surface area contributed by atoms with Crippen LogP contribution in [0.3, 0.4) is 0 Å². The summed E-state index contributed by atoms with van der Waals surface area (Å²) in [7, 11) is 0. The van der Waals surface area contributed by atoms with Crippen molar-refractivity contribution in [3.05, 3.63) is 19.8 Å². The Bertz CT molecular complexity index is 337. The first-order valence-electron chi connectivity index (χ1n) is 6.01. The Morgan fingerprint density at radius 2 is 2.12 bits per heavy atom. The Balaban J connectivity index is 2.81. The summed E-state index contributed by atoms with van der Waals surface area (Å²) in [4.78, 5) is 1.32. The highest BCUT2D eigenvalue weighted by Crippen LogP contribution is 2.38. The monoisotopic (exact) mass is 337 g/mol. The van der Waals surface area contributed by atoms with E-state index in [9.17, 15) is 0 Å². The van der Waals surface area contributed by atoms with Gasteiger partial charge >= 0.3 is 0 Å². The third kappa shape index (κ3) is 5.29. The fourth-order valence-corrected chi connectivity index (χ4v) is 3.55. The summed E-state index contributed by atoms with van der Waals surface area (Å²) in [6.45, 7) is 10.1. The van der Waals surface area contributed by atoms with Crippen molar-refractivity contribution in [3.63, 3.8) is 0 Å². The Hall–Kier alpha value is 0.430. The molecule has 0 radical (unpaired) electrons. The number of rotatable bonds is 5. The van der Waals surface area contributed by atoms with Crippen molar-refractivity contribution in [2.75, 3.05) is 6.54 Å². The van der Waals surface area contributed by atoms with Gasteiger partial charge in [0.25, 0.3) is 0 Å². The molecule has 4 heteroatoms. The van der Waals surface area contributed by atoms with E-state index in [0.29, 0.717) is 11.5 Å². The van der Waals surface area contributed by atoms with Crippen molar-refractivity contribution in [1.82, 2.24) is 5.32 Å². The number of thiophene rings is 1. The minimum Gasteiger partial charge on any atom is -0.309 e. The standard InChI is InChI=1S/C13H21BrClNS/c1-5-6-16-10(8-13(2,3)4)11-7-9(14)12(15)17-11/h7,10,16H,5-6,8H2,1-4H3. The third-order valence-corrected chi connectivity index (χ3v) is 5.05. The largest absolute Gasteiger partial charge is 0.309 e. The maximum Gasteiger partial charge on any atom is 0.107 e. The summed E-state index contributed by atoms with van der Waals surface area (Å²) < 4.78 is 1.86. The van der Waals surface area contributed by atoms with Gasteiger partial charge in [0.1, 0.15) is 4.34 Å². The van der Waals surface area contributed by atoms with E-state index >= 15 is 0 Å². The van der Waals surface area contributed by atoms with Crippen LogP contribution in [0.5, 0.6) is 0 Å². The smallest absolute Gasteiger partial charge is 0.107 e.